The molecule has 1 aromatic rings. The van der Waals surface area contributed by atoms with Gasteiger partial charge >= 0.3 is 0 Å². The van der Waals surface area contributed by atoms with Gasteiger partial charge in [-0.1, -0.05) is 48.8 Å². The molecule has 0 aliphatic carbocycles. The van der Waals surface area contributed by atoms with E-state index in [1.54, 1.807) is 0 Å². The molecule has 0 bridgehead atoms. The highest BCUT2D eigenvalue weighted by atomic mass is 79.9. The molecule has 0 aliphatic heterocycles. The van der Waals surface area contributed by atoms with Crippen LogP contribution >= 0.6 is 15.9 Å². The topological polar surface area (TPSA) is 20.2 Å². The quantitative estimate of drug-likeness (QED) is 0.867. The van der Waals surface area contributed by atoms with Gasteiger partial charge in [-0.2, -0.15) is 0 Å². The van der Waals surface area contributed by atoms with Gasteiger partial charge < -0.3 is 5.11 Å². The number of rotatable bonds is 3. The van der Waals surface area contributed by atoms with E-state index in [1.165, 1.54) is 5.56 Å². The largest absolute Gasteiger partial charge is 0.388 e. The van der Waals surface area contributed by atoms with E-state index in [9.17, 15) is 5.11 Å². The zero-order valence-electron chi connectivity index (χ0n) is 8.92. The highest BCUT2D eigenvalue weighted by Gasteiger charge is 2.09. The van der Waals surface area contributed by atoms with Gasteiger partial charge in [0.25, 0.3) is 0 Å². The Kier molecular flexibility index (Phi) is 4.14. The van der Waals surface area contributed by atoms with Crippen molar-refractivity contribution in [2.45, 2.75) is 39.2 Å². The van der Waals surface area contributed by atoms with Crippen molar-refractivity contribution >= 4 is 15.9 Å². The summed E-state index contributed by atoms with van der Waals surface area (Å²) in [6.07, 6.45) is 0.430. The number of aliphatic hydroxyl groups is 1. The Morgan fingerprint density at radius 3 is 2.50 bits per heavy atom. The third-order valence-electron chi connectivity index (χ3n) is 2.41. The van der Waals surface area contributed by atoms with E-state index in [-0.39, 0.29) is 6.10 Å². The van der Waals surface area contributed by atoms with Crippen LogP contribution < -0.4 is 0 Å². The molecule has 0 aromatic heterocycles. The molecule has 1 rings (SSSR count). The Balaban J connectivity index is 3.06. The van der Waals surface area contributed by atoms with Gasteiger partial charge in [0, 0.05) is 4.47 Å². The van der Waals surface area contributed by atoms with Gasteiger partial charge in [0.05, 0.1) is 6.10 Å². The number of benzene rings is 1. The molecule has 0 radical (unpaired) electrons. The van der Waals surface area contributed by atoms with Crippen LogP contribution in [0.2, 0.25) is 0 Å². The zero-order chi connectivity index (χ0) is 10.7. The molecule has 0 amide bonds. The van der Waals surface area contributed by atoms with E-state index in [1.807, 2.05) is 19.1 Å². The summed E-state index contributed by atoms with van der Waals surface area (Å²) in [5.41, 5.74) is 2.27. The minimum Gasteiger partial charge on any atom is -0.388 e. The summed E-state index contributed by atoms with van der Waals surface area (Å²) in [7, 11) is 0. The third-order valence-corrected chi connectivity index (χ3v) is 3.14. The molecular weight excluding hydrogens is 240 g/mol. The van der Waals surface area contributed by atoms with Crippen molar-refractivity contribution in [2.24, 2.45) is 0 Å². The summed E-state index contributed by atoms with van der Waals surface area (Å²) in [6, 6.07) is 6.08. The molecule has 2 heteroatoms. The first kappa shape index (κ1) is 11.7. The van der Waals surface area contributed by atoms with Crippen molar-refractivity contribution in [1.82, 2.24) is 0 Å². The van der Waals surface area contributed by atoms with Crippen molar-refractivity contribution in [3.05, 3.63) is 33.8 Å². The van der Waals surface area contributed by atoms with Gasteiger partial charge in [-0.3, -0.25) is 0 Å². The summed E-state index contributed by atoms with van der Waals surface area (Å²) in [5, 5.41) is 9.71. The van der Waals surface area contributed by atoms with Crippen LogP contribution in [-0.4, -0.2) is 5.11 Å². The highest BCUT2D eigenvalue weighted by Crippen LogP contribution is 2.28. The summed E-state index contributed by atoms with van der Waals surface area (Å²) < 4.78 is 1.12. The van der Waals surface area contributed by atoms with Gasteiger partial charge in [0.15, 0.2) is 0 Å². The first-order valence-electron chi connectivity index (χ1n) is 5.03. The average molecular weight is 257 g/mol. The van der Waals surface area contributed by atoms with Crippen molar-refractivity contribution < 1.29 is 5.11 Å². The van der Waals surface area contributed by atoms with Gasteiger partial charge in [0.1, 0.15) is 0 Å². The van der Waals surface area contributed by atoms with Crippen molar-refractivity contribution in [1.29, 1.82) is 0 Å². The SMILES string of the molecule is CCC(O)c1ccc(Br)c(C(C)C)c1. The fourth-order valence-electron chi connectivity index (χ4n) is 1.45. The lowest BCUT2D eigenvalue weighted by atomic mass is 9.98. The van der Waals surface area contributed by atoms with E-state index >= 15 is 0 Å². The Morgan fingerprint density at radius 2 is 2.00 bits per heavy atom. The molecule has 0 spiro atoms. The molecule has 1 unspecified atom stereocenters. The first-order chi connectivity index (χ1) is 6.56. The van der Waals surface area contributed by atoms with Crippen molar-refractivity contribution in [3.8, 4) is 0 Å². The van der Waals surface area contributed by atoms with Crippen LogP contribution in [0, 0.1) is 0 Å². The number of aliphatic hydroxyl groups excluding tert-OH is 1. The number of halogens is 1. The van der Waals surface area contributed by atoms with E-state index in [4.69, 9.17) is 0 Å². The molecule has 0 saturated heterocycles. The normalized spacial score (nSPS) is 13.3. The summed E-state index contributed by atoms with van der Waals surface area (Å²) in [4.78, 5) is 0. The van der Waals surface area contributed by atoms with E-state index in [0.717, 1.165) is 16.5 Å². The molecule has 0 heterocycles. The van der Waals surface area contributed by atoms with Gasteiger partial charge in [-0.25, -0.2) is 0 Å². The molecule has 0 saturated carbocycles. The van der Waals surface area contributed by atoms with Crippen LogP contribution in [-0.2, 0) is 0 Å². The van der Waals surface area contributed by atoms with Gasteiger partial charge in [-0.05, 0) is 29.5 Å². The van der Waals surface area contributed by atoms with Crippen LogP contribution in [0.3, 0.4) is 0 Å². The fourth-order valence-corrected chi connectivity index (χ4v) is 2.15. The average Bonchev–Trinajstić information content (AvgIpc) is 2.17. The molecule has 1 nitrogen and oxygen atoms in total. The Hall–Kier alpha value is -0.340. The lowest BCUT2D eigenvalue weighted by Gasteiger charge is -2.13. The molecule has 14 heavy (non-hydrogen) atoms. The molecular formula is C12H17BrO. The van der Waals surface area contributed by atoms with Gasteiger partial charge in [0.2, 0.25) is 0 Å². The monoisotopic (exact) mass is 256 g/mol. The van der Waals surface area contributed by atoms with Crippen LogP contribution in [0.15, 0.2) is 22.7 Å². The molecule has 78 valence electrons. The first-order valence-corrected chi connectivity index (χ1v) is 5.83. The minimum absolute atomic E-state index is 0.333. The predicted octanol–water partition coefficient (Wildman–Crippen LogP) is 4.02. The maximum atomic E-state index is 9.71. The van der Waals surface area contributed by atoms with E-state index in [0.29, 0.717) is 5.92 Å². The Bertz CT molecular complexity index is 307. The summed E-state index contributed by atoms with van der Waals surface area (Å²) in [5.74, 6) is 0.480. The van der Waals surface area contributed by atoms with Crippen LogP contribution in [0.4, 0.5) is 0 Å². The van der Waals surface area contributed by atoms with E-state index < -0.39 is 0 Å². The lowest BCUT2D eigenvalue weighted by molar-refractivity contribution is 0.173. The summed E-state index contributed by atoms with van der Waals surface area (Å²) >= 11 is 3.52. The van der Waals surface area contributed by atoms with Crippen LogP contribution in [0.5, 0.6) is 0 Å². The van der Waals surface area contributed by atoms with E-state index in [2.05, 4.69) is 35.8 Å². The van der Waals surface area contributed by atoms with Crippen LogP contribution in [0.1, 0.15) is 50.3 Å². The lowest BCUT2D eigenvalue weighted by Crippen LogP contribution is -1.98. The van der Waals surface area contributed by atoms with Crippen molar-refractivity contribution in [3.63, 3.8) is 0 Å². The fraction of sp³-hybridized carbons (Fsp3) is 0.500. The Morgan fingerprint density at radius 1 is 1.36 bits per heavy atom. The molecule has 0 aliphatic rings. The molecule has 1 aromatic carbocycles. The summed E-state index contributed by atoms with van der Waals surface area (Å²) in [6.45, 7) is 6.30. The van der Waals surface area contributed by atoms with Gasteiger partial charge in [-0.15, -0.1) is 0 Å². The second kappa shape index (κ2) is 4.94. The van der Waals surface area contributed by atoms with Crippen LogP contribution in [0.25, 0.3) is 0 Å². The maximum absolute atomic E-state index is 9.71. The minimum atomic E-state index is -0.333. The number of hydrogen-bond acceptors (Lipinski definition) is 1. The highest BCUT2D eigenvalue weighted by molar-refractivity contribution is 9.10. The second-order valence-corrected chi connectivity index (χ2v) is 4.71. The smallest absolute Gasteiger partial charge is 0.0787 e. The van der Waals surface area contributed by atoms with Crippen molar-refractivity contribution in [2.75, 3.05) is 0 Å². The molecule has 0 fully saturated rings. The third kappa shape index (κ3) is 2.58. The number of hydrogen-bond donors (Lipinski definition) is 1. The standard InChI is InChI=1S/C12H17BrO/c1-4-12(14)9-5-6-11(13)10(7-9)8(2)3/h5-8,12,14H,4H2,1-3H3. The zero-order valence-corrected chi connectivity index (χ0v) is 10.5. The Labute approximate surface area is 94.3 Å². The predicted molar refractivity (Wildman–Crippen MR) is 63.5 cm³/mol. The maximum Gasteiger partial charge on any atom is 0.0787 e. The molecule has 1 atom stereocenters. The molecule has 1 N–H and O–H groups in total. The second-order valence-electron chi connectivity index (χ2n) is 3.86.